The molecule has 1 atom stereocenters. The zero-order chi connectivity index (χ0) is 17.1. The van der Waals surface area contributed by atoms with Crippen LogP contribution in [0.15, 0.2) is 66.9 Å². The van der Waals surface area contributed by atoms with Crippen molar-refractivity contribution in [2.75, 3.05) is 20.2 Å². The van der Waals surface area contributed by atoms with Crippen molar-refractivity contribution < 1.29 is 9.47 Å². The second kappa shape index (κ2) is 6.99. The first-order chi connectivity index (χ1) is 12.3. The highest BCUT2D eigenvalue weighted by Crippen LogP contribution is 2.31. The van der Waals surface area contributed by atoms with Crippen molar-refractivity contribution in [1.29, 1.82) is 0 Å². The van der Waals surface area contributed by atoms with Gasteiger partial charge < -0.3 is 9.47 Å². The molecule has 0 radical (unpaired) electrons. The molecule has 0 unspecified atom stereocenters. The molecular weight excluding hydrogens is 314 g/mol. The summed E-state index contributed by atoms with van der Waals surface area (Å²) >= 11 is 0. The standard InChI is InChI=1S/C20H21N3O2/c1-22(14-18-15-24-19-9-5-6-10-20(19)25-18)13-16-11-12-23(21-16)17-7-3-2-4-8-17/h2-12,18H,13-15H2,1H3/t18-/m1/s1. The Bertz CT molecular complexity index is 832. The summed E-state index contributed by atoms with van der Waals surface area (Å²) in [5, 5.41) is 4.65. The first-order valence-corrected chi connectivity index (χ1v) is 8.45. The molecule has 0 saturated carbocycles. The van der Waals surface area contributed by atoms with E-state index in [9.17, 15) is 0 Å². The van der Waals surface area contributed by atoms with E-state index in [4.69, 9.17) is 9.47 Å². The van der Waals surface area contributed by atoms with E-state index < -0.39 is 0 Å². The average molecular weight is 335 g/mol. The zero-order valence-corrected chi connectivity index (χ0v) is 14.2. The van der Waals surface area contributed by atoms with Gasteiger partial charge in [-0.3, -0.25) is 4.90 Å². The Balaban J connectivity index is 1.35. The Morgan fingerprint density at radius 2 is 1.80 bits per heavy atom. The molecule has 0 N–H and O–H groups in total. The molecule has 5 nitrogen and oxygen atoms in total. The Hall–Kier alpha value is -2.79. The van der Waals surface area contributed by atoms with Crippen molar-refractivity contribution in [3.05, 3.63) is 72.6 Å². The summed E-state index contributed by atoms with van der Waals surface area (Å²) in [5.74, 6) is 1.64. The van der Waals surface area contributed by atoms with Gasteiger partial charge in [-0.2, -0.15) is 5.10 Å². The molecule has 1 aromatic heterocycles. The van der Waals surface area contributed by atoms with Crippen LogP contribution in [0.25, 0.3) is 5.69 Å². The Labute approximate surface area is 147 Å². The van der Waals surface area contributed by atoms with Gasteiger partial charge >= 0.3 is 0 Å². The molecule has 0 aliphatic carbocycles. The van der Waals surface area contributed by atoms with Gasteiger partial charge in [0.15, 0.2) is 11.5 Å². The van der Waals surface area contributed by atoms with Gasteiger partial charge in [-0.05, 0) is 37.4 Å². The van der Waals surface area contributed by atoms with Gasteiger partial charge in [0.25, 0.3) is 0 Å². The maximum Gasteiger partial charge on any atom is 0.161 e. The first kappa shape index (κ1) is 15.7. The third-order valence-corrected chi connectivity index (χ3v) is 4.18. The van der Waals surface area contributed by atoms with Crippen LogP contribution >= 0.6 is 0 Å². The van der Waals surface area contributed by atoms with Crippen LogP contribution < -0.4 is 9.47 Å². The van der Waals surface area contributed by atoms with Crippen molar-refractivity contribution in [2.24, 2.45) is 0 Å². The number of likely N-dealkylation sites (N-methyl/N-ethyl adjacent to an activating group) is 1. The molecule has 128 valence electrons. The number of nitrogens with zero attached hydrogens (tertiary/aromatic N) is 3. The van der Waals surface area contributed by atoms with Gasteiger partial charge in [-0.15, -0.1) is 0 Å². The highest BCUT2D eigenvalue weighted by Gasteiger charge is 2.22. The molecule has 0 saturated heterocycles. The molecule has 1 aliphatic heterocycles. The summed E-state index contributed by atoms with van der Waals surface area (Å²) < 4.78 is 13.7. The second-order valence-electron chi connectivity index (χ2n) is 6.28. The summed E-state index contributed by atoms with van der Waals surface area (Å²) in [5.41, 5.74) is 2.10. The normalized spacial score (nSPS) is 16.2. The van der Waals surface area contributed by atoms with Gasteiger partial charge in [0, 0.05) is 19.3 Å². The largest absolute Gasteiger partial charge is 0.486 e. The van der Waals surface area contributed by atoms with Crippen molar-refractivity contribution >= 4 is 0 Å². The lowest BCUT2D eigenvalue weighted by Crippen LogP contribution is -2.39. The molecule has 1 aliphatic rings. The number of ether oxygens (including phenoxy) is 2. The number of rotatable bonds is 5. The fourth-order valence-electron chi connectivity index (χ4n) is 3.01. The second-order valence-corrected chi connectivity index (χ2v) is 6.28. The van der Waals surface area contributed by atoms with E-state index in [1.807, 2.05) is 65.5 Å². The zero-order valence-electron chi connectivity index (χ0n) is 14.2. The van der Waals surface area contributed by atoms with Gasteiger partial charge in [-0.1, -0.05) is 30.3 Å². The minimum absolute atomic E-state index is 0.0242. The SMILES string of the molecule is CN(Cc1ccn(-c2ccccc2)n1)C[C@@H]1COc2ccccc2O1. The van der Waals surface area contributed by atoms with E-state index in [-0.39, 0.29) is 6.10 Å². The first-order valence-electron chi connectivity index (χ1n) is 8.45. The molecule has 2 aromatic carbocycles. The Morgan fingerprint density at radius 3 is 2.64 bits per heavy atom. The van der Waals surface area contributed by atoms with Crippen LogP contribution in [-0.4, -0.2) is 41.0 Å². The average Bonchev–Trinajstić information content (AvgIpc) is 3.10. The number of hydrogen-bond donors (Lipinski definition) is 0. The van der Waals surface area contributed by atoms with E-state index in [1.54, 1.807) is 0 Å². The number of hydrogen-bond acceptors (Lipinski definition) is 4. The lowest BCUT2D eigenvalue weighted by atomic mass is 10.2. The van der Waals surface area contributed by atoms with Crippen molar-refractivity contribution in [1.82, 2.24) is 14.7 Å². The predicted octanol–water partition coefficient (Wildman–Crippen LogP) is 3.14. The van der Waals surface area contributed by atoms with E-state index in [2.05, 4.69) is 23.1 Å². The number of aromatic nitrogens is 2. The van der Waals surface area contributed by atoms with Crippen LogP contribution in [-0.2, 0) is 6.54 Å². The van der Waals surface area contributed by atoms with E-state index >= 15 is 0 Å². The van der Waals surface area contributed by atoms with Gasteiger partial charge in [0.2, 0.25) is 0 Å². The number of fused-ring (bicyclic) bond motifs is 1. The minimum Gasteiger partial charge on any atom is -0.486 e. The van der Waals surface area contributed by atoms with E-state index in [0.717, 1.165) is 36.0 Å². The summed E-state index contributed by atoms with van der Waals surface area (Å²) in [6.45, 7) is 2.12. The Kier molecular flexibility index (Phi) is 4.39. The smallest absolute Gasteiger partial charge is 0.161 e. The molecular formula is C20H21N3O2. The van der Waals surface area contributed by atoms with Crippen molar-refractivity contribution in [3.8, 4) is 17.2 Å². The molecule has 0 spiro atoms. The van der Waals surface area contributed by atoms with Crippen LogP contribution in [0.3, 0.4) is 0 Å². The highest BCUT2D eigenvalue weighted by molar-refractivity contribution is 5.40. The number of benzene rings is 2. The summed E-state index contributed by atoms with van der Waals surface area (Å²) in [6.07, 6.45) is 2.02. The van der Waals surface area contributed by atoms with Crippen LogP contribution in [0, 0.1) is 0 Å². The molecule has 5 heteroatoms. The topological polar surface area (TPSA) is 39.5 Å². The molecule has 2 heterocycles. The lowest BCUT2D eigenvalue weighted by Gasteiger charge is -2.29. The monoisotopic (exact) mass is 335 g/mol. The molecule has 0 fully saturated rings. The van der Waals surface area contributed by atoms with Gasteiger partial charge in [0.1, 0.15) is 12.7 Å². The highest BCUT2D eigenvalue weighted by atomic mass is 16.6. The molecule has 0 amide bonds. The quantitative estimate of drug-likeness (QED) is 0.718. The molecule has 3 aromatic rings. The fraction of sp³-hybridized carbons (Fsp3) is 0.250. The van der Waals surface area contributed by atoms with Crippen LogP contribution in [0.1, 0.15) is 5.69 Å². The van der Waals surface area contributed by atoms with E-state index in [1.165, 1.54) is 0 Å². The fourth-order valence-corrected chi connectivity index (χ4v) is 3.01. The molecule has 25 heavy (non-hydrogen) atoms. The summed E-state index contributed by atoms with van der Waals surface area (Å²) in [4.78, 5) is 2.21. The molecule has 4 rings (SSSR count). The van der Waals surface area contributed by atoms with Crippen LogP contribution in [0.2, 0.25) is 0 Å². The van der Waals surface area contributed by atoms with Gasteiger partial charge in [-0.25, -0.2) is 4.68 Å². The van der Waals surface area contributed by atoms with Crippen LogP contribution in [0.4, 0.5) is 0 Å². The summed E-state index contributed by atoms with van der Waals surface area (Å²) in [7, 11) is 2.07. The third-order valence-electron chi connectivity index (χ3n) is 4.18. The van der Waals surface area contributed by atoms with E-state index in [0.29, 0.717) is 6.61 Å². The predicted molar refractivity (Wildman–Crippen MR) is 96.3 cm³/mol. The van der Waals surface area contributed by atoms with Crippen molar-refractivity contribution in [3.63, 3.8) is 0 Å². The lowest BCUT2D eigenvalue weighted by molar-refractivity contribution is 0.0635. The van der Waals surface area contributed by atoms with Gasteiger partial charge in [0.05, 0.1) is 11.4 Å². The Morgan fingerprint density at radius 1 is 1.04 bits per heavy atom. The minimum atomic E-state index is 0.0242. The maximum atomic E-state index is 6.02. The van der Waals surface area contributed by atoms with Crippen molar-refractivity contribution in [2.45, 2.75) is 12.6 Å². The molecule has 0 bridgehead atoms. The maximum absolute atomic E-state index is 6.02. The summed E-state index contributed by atoms with van der Waals surface area (Å²) in [6, 6.07) is 20.0. The van der Waals surface area contributed by atoms with Crippen LogP contribution in [0.5, 0.6) is 11.5 Å². The number of para-hydroxylation sites is 3. The third kappa shape index (κ3) is 3.67.